The van der Waals surface area contributed by atoms with Crippen molar-refractivity contribution in [3.8, 4) is 0 Å². The van der Waals surface area contributed by atoms with Crippen LogP contribution in [0.1, 0.15) is 16.1 Å². The van der Waals surface area contributed by atoms with E-state index in [1.807, 2.05) is 0 Å². The number of hydrogen-bond donors (Lipinski definition) is 2. The Morgan fingerprint density at radius 1 is 1.40 bits per heavy atom. The molecule has 0 atom stereocenters. The second-order valence-electron chi connectivity index (χ2n) is 3.85. The first kappa shape index (κ1) is 13.5. The molecule has 1 heterocycles. The number of aromatic carboxylic acids is 1. The average Bonchev–Trinajstić information content (AvgIpc) is 2.86. The maximum atomic E-state index is 13.5. The van der Waals surface area contributed by atoms with E-state index in [2.05, 4.69) is 5.32 Å². The minimum atomic E-state index is -1.18. The molecule has 1 aromatic carbocycles. The summed E-state index contributed by atoms with van der Waals surface area (Å²) in [7, 11) is 0. The van der Waals surface area contributed by atoms with Crippen LogP contribution in [0.5, 0.6) is 0 Å². The molecule has 2 N–H and O–H groups in total. The summed E-state index contributed by atoms with van der Waals surface area (Å²) < 4.78 is 18.4. The van der Waals surface area contributed by atoms with Crippen LogP contribution in [-0.2, 0) is 6.54 Å². The monoisotopic (exact) mass is 280 g/mol. The van der Waals surface area contributed by atoms with Crippen LogP contribution in [0.4, 0.5) is 16.0 Å². The van der Waals surface area contributed by atoms with E-state index in [-0.39, 0.29) is 23.6 Å². The van der Waals surface area contributed by atoms with Crippen molar-refractivity contribution in [3.63, 3.8) is 0 Å². The highest BCUT2D eigenvalue weighted by Gasteiger charge is 2.13. The topological polar surface area (TPSA) is 106 Å². The van der Waals surface area contributed by atoms with Crippen molar-refractivity contribution in [2.45, 2.75) is 6.54 Å². The Hall–Kier alpha value is -2.90. The average molecular weight is 280 g/mol. The fourth-order valence-electron chi connectivity index (χ4n) is 1.54. The van der Waals surface area contributed by atoms with Crippen molar-refractivity contribution in [3.05, 3.63) is 57.6 Å². The Morgan fingerprint density at radius 2 is 2.15 bits per heavy atom. The Bertz CT molecular complexity index is 668. The van der Waals surface area contributed by atoms with E-state index in [0.29, 0.717) is 0 Å². The molecule has 8 heteroatoms. The zero-order valence-electron chi connectivity index (χ0n) is 10.00. The van der Waals surface area contributed by atoms with Gasteiger partial charge in [0.05, 0.1) is 23.9 Å². The standard InChI is InChI=1S/C12H9FN2O5/c13-9-3-1-7(12(16)17)5-10(9)14-6-8-2-4-11(20-8)15(18)19/h1-5,14H,6H2,(H,16,17). The smallest absolute Gasteiger partial charge is 0.433 e. The van der Waals surface area contributed by atoms with Gasteiger partial charge in [-0.2, -0.15) is 0 Å². The van der Waals surface area contributed by atoms with Crippen LogP contribution in [0, 0.1) is 15.9 Å². The van der Waals surface area contributed by atoms with Crippen LogP contribution in [0.15, 0.2) is 34.7 Å². The number of hydrogen-bond acceptors (Lipinski definition) is 5. The van der Waals surface area contributed by atoms with Gasteiger partial charge >= 0.3 is 11.9 Å². The summed E-state index contributed by atoms with van der Waals surface area (Å²) in [6.07, 6.45) is 0. The molecule has 0 aliphatic carbocycles. The van der Waals surface area contributed by atoms with Crippen LogP contribution in [0.2, 0.25) is 0 Å². The molecule has 1 aromatic heterocycles. The van der Waals surface area contributed by atoms with E-state index in [1.54, 1.807) is 0 Å². The van der Waals surface area contributed by atoms with Gasteiger partial charge in [0.15, 0.2) is 0 Å². The molecular weight excluding hydrogens is 271 g/mol. The van der Waals surface area contributed by atoms with Crippen molar-refractivity contribution in [2.75, 3.05) is 5.32 Å². The van der Waals surface area contributed by atoms with Gasteiger partial charge in [-0.1, -0.05) is 0 Å². The molecule has 0 aliphatic rings. The zero-order valence-corrected chi connectivity index (χ0v) is 10.00. The lowest BCUT2D eigenvalue weighted by Crippen LogP contribution is -2.03. The summed E-state index contributed by atoms with van der Waals surface area (Å²) >= 11 is 0. The molecule has 2 aromatic rings. The minimum absolute atomic E-state index is 0.00612. The molecule has 20 heavy (non-hydrogen) atoms. The number of carboxylic acids is 1. The number of carbonyl (C=O) groups is 1. The SMILES string of the molecule is O=C(O)c1ccc(F)c(NCc2ccc([N+](=O)[O-])o2)c1. The third-order valence-electron chi connectivity index (χ3n) is 2.49. The first-order chi connectivity index (χ1) is 9.47. The molecule has 0 saturated heterocycles. The highest BCUT2D eigenvalue weighted by molar-refractivity contribution is 5.88. The van der Waals surface area contributed by atoms with Crippen molar-refractivity contribution >= 4 is 17.5 Å². The highest BCUT2D eigenvalue weighted by Crippen LogP contribution is 2.20. The third-order valence-corrected chi connectivity index (χ3v) is 2.49. The van der Waals surface area contributed by atoms with Gasteiger partial charge in [-0.25, -0.2) is 9.18 Å². The maximum Gasteiger partial charge on any atom is 0.433 e. The molecule has 0 bridgehead atoms. The Balaban J connectivity index is 2.11. The number of halogens is 1. The van der Waals surface area contributed by atoms with Gasteiger partial charge in [-0.05, 0) is 24.3 Å². The maximum absolute atomic E-state index is 13.5. The molecule has 0 fully saturated rings. The van der Waals surface area contributed by atoms with Crippen LogP contribution in [-0.4, -0.2) is 16.0 Å². The van der Waals surface area contributed by atoms with E-state index in [1.165, 1.54) is 12.1 Å². The summed E-state index contributed by atoms with van der Waals surface area (Å²) in [6.45, 7) is -0.00612. The number of nitro groups is 1. The van der Waals surface area contributed by atoms with Crippen molar-refractivity contribution in [1.29, 1.82) is 0 Å². The molecular formula is C12H9FN2O5. The van der Waals surface area contributed by atoms with E-state index >= 15 is 0 Å². The normalized spacial score (nSPS) is 10.2. The summed E-state index contributed by atoms with van der Waals surface area (Å²) in [4.78, 5) is 20.5. The van der Waals surface area contributed by atoms with Gasteiger partial charge in [-0.15, -0.1) is 0 Å². The quantitative estimate of drug-likeness (QED) is 0.644. The lowest BCUT2D eigenvalue weighted by molar-refractivity contribution is -0.402. The first-order valence-electron chi connectivity index (χ1n) is 5.47. The number of benzene rings is 1. The van der Waals surface area contributed by atoms with Gasteiger partial charge in [0.25, 0.3) is 0 Å². The number of rotatable bonds is 5. The number of furan rings is 1. The second-order valence-corrected chi connectivity index (χ2v) is 3.85. The van der Waals surface area contributed by atoms with E-state index in [9.17, 15) is 19.3 Å². The zero-order chi connectivity index (χ0) is 14.7. The van der Waals surface area contributed by atoms with Gasteiger partial charge in [-0.3, -0.25) is 10.1 Å². The summed E-state index contributed by atoms with van der Waals surface area (Å²) in [5.41, 5.74) is -0.0942. The molecule has 0 radical (unpaired) electrons. The predicted molar refractivity (Wildman–Crippen MR) is 66.0 cm³/mol. The van der Waals surface area contributed by atoms with Gasteiger partial charge in [0.1, 0.15) is 16.5 Å². The number of nitrogens with one attached hydrogen (secondary N) is 1. The third kappa shape index (κ3) is 2.91. The number of nitrogens with zero attached hydrogens (tertiary/aromatic N) is 1. The molecule has 0 amide bonds. The summed E-state index contributed by atoms with van der Waals surface area (Å²) in [6, 6.07) is 5.86. The Labute approximate surface area is 111 Å². The van der Waals surface area contributed by atoms with Crippen LogP contribution in [0.3, 0.4) is 0 Å². The van der Waals surface area contributed by atoms with Gasteiger partial charge in [0.2, 0.25) is 0 Å². The van der Waals surface area contributed by atoms with Gasteiger partial charge in [0, 0.05) is 0 Å². The lowest BCUT2D eigenvalue weighted by atomic mass is 10.2. The Kier molecular flexibility index (Phi) is 3.65. The fraction of sp³-hybridized carbons (Fsp3) is 0.0833. The van der Waals surface area contributed by atoms with Gasteiger partial charge < -0.3 is 14.8 Å². The minimum Gasteiger partial charge on any atom is -0.478 e. The lowest BCUT2D eigenvalue weighted by Gasteiger charge is -2.06. The second kappa shape index (κ2) is 5.39. The first-order valence-corrected chi connectivity index (χ1v) is 5.47. The molecule has 0 aliphatic heterocycles. The molecule has 0 unspecified atom stereocenters. The van der Waals surface area contributed by atoms with Crippen LogP contribution in [0.25, 0.3) is 0 Å². The van der Waals surface area contributed by atoms with Crippen LogP contribution < -0.4 is 5.32 Å². The van der Waals surface area contributed by atoms with E-state index < -0.39 is 22.6 Å². The molecule has 104 valence electrons. The number of anilines is 1. The van der Waals surface area contributed by atoms with Crippen molar-refractivity contribution in [1.82, 2.24) is 0 Å². The molecule has 7 nitrogen and oxygen atoms in total. The van der Waals surface area contributed by atoms with Crippen molar-refractivity contribution in [2.24, 2.45) is 0 Å². The summed E-state index contributed by atoms with van der Waals surface area (Å²) in [5, 5.41) is 21.9. The summed E-state index contributed by atoms with van der Waals surface area (Å²) in [5.74, 6) is -1.99. The van der Waals surface area contributed by atoms with Crippen molar-refractivity contribution < 1.29 is 23.6 Å². The van der Waals surface area contributed by atoms with E-state index in [4.69, 9.17) is 9.52 Å². The fourth-order valence-corrected chi connectivity index (χ4v) is 1.54. The van der Waals surface area contributed by atoms with Crippen LogP contribution >= 0.6 is 0 Å². The largest absolute Gasteiger partial charge is 0.478 e. The molecule has 0 saturated carbocycles. The molecule has 0 spiro atoms. The van der Waals surface area contributed by atoms with E-state index in [0.717, 1.165) is 18.2 Å². The Morgan fingerprint density at radius 3 is 2.75 bits per heavy atom. The predicted octanol–water partition coefficient (Wildman–Crippen LogP) is 2.64. The highest BCUT2D eigenvalue weighted by atomic mass is 19.1. The number of carboxylic acid groups (broad SMARTS) is 1. The molecule has 2 rings (SSSR count).